The fraction of sp³-hybridized carbons (Fsp3) is 0.667. The van der Waals surface area contributed by atoms with E-state index in [2.05, 4.69) is 67.5 Å². The molecule has 0 bridgehead atoms. The van der Waals surface area contributed by atoms with Crippen molar-refractivity contribution in [1.82, 2.24) is 0 Å². The van der Waals surface area contributed by atoms with Crippen LogP contribution in [-0.2, 0) is 19.5 Å². The molecule has 0 spiro atoms. The molecule has 0 aromatic heterocycles. The maximum absolute atomic E-state index is 3.88. The van der Waals surface area contributed by atoms with E-state index in [-0.39, 0.29) is 19.5 Å². The fourth-order valence-corrected chi connectivity index (χ4v) is 2.34. The molecule has 0 saturated heterocycles. The van der Waals surface area contributed by atoms with Gasteiger partial charge in [0.25, 0.3) is 0 Å². The minimum Gasteiger partial charge on any atom is -0.324 e. The number of hydrogen-bond donors (Lipinski definition) is 0. The summed E-state index contributed by atoms with van der Waals surface area (Å²) in [5.41, 5.74) is 3.64. The molecule has 0 amide bonds. The van der Waals surface area contributed by atoms with Crippen molar-refractivity contribution in [3.63, 3.8) is 0 Å². The third-order valence-corrected chi connectivity index (χ3v) is 4.09. The Kier molecular flexibility index (Phi) is 6.74. The third kappa shape index (κ3) is 6.89. The van der Waals surface area contributed by atoms with Crippen LogP contribution in [0.5, 0.6) is 0 Å². The van der Waals surface area contributed by atoms with Crippen LogP contribution in [0.15, 0.2) is 24.3 Å². The number of rotatable bonds is 4. The van der Waals surface area contributed by atoms with Crippen LogP contribution >= 0.6 is 0 Å². The van der Waals surface area contributed by atoms with Crippen molar-refractivity contribution in [2.75, 3.05) is 0 Å². The molecule has 0 aromatic carbocycles. The van der Waals surface area contributed by atoms with Crippen molar-refractivity contribution >= 4 is 0 Å². The Morgan fingerprint density at radius 2 is 1.05 bits per heavy atom. The summed E-state index contributed by atoms with van der Waals surface area (Å²) in [4.78, 5) is 0. The van der Waals surface area contributed by atoms with Crippen LogP contribution in [0.3, 0.4) is 0 Å². The minimum absolute atomic E-state index is 0. The van der Waals surface area contributed by atoms with Gasteiger partial charge in [0.05, 0.1) is 0 Å². The van der Waals surface area contributed by atoms with Gasteiger partial charge in [0, 0.05) is 0 Å². The molecule has 0 unspecified atom stereocenters. The molecule has 1 heteroatoms. The Labute approximate surface area is 133 Å². The van der Waals surface area contributed by atoms with Gasteiger partial charge in [-0.15, -0.1) is 13.2 Å². The molecule has 104 valence electrons. The second-order valence-corrected chi connectivity index (χ2v) is 7.51. The van der Waals surface area contributed by atoms with Crippen molar-refractivity contribution in [1.29, 1.82) is 0 Å². The van der Waals surface area contributed by atoms with Gasteiger partial charge in [0.15, 0.2) is 0 Å². The van der Waals surface area contributed by atoms with E-state index in [1.807, 2.05) is 0 Å². The van der Waals surface area contributed by atoms with E-state index in [0.29, 0.717) is 10.8 Å². The van der Waals surface area contributed by atoms with Crippen LogP contribution in [-0.4, -0.2) is 0 Å². The average molecular weight is 312 g/mol. The van der Waals surface area contributed by atoms with Crippen LogP contribution in [0.1, 0.15) is 54.4 Å². The third-order valence-electron chi connectivity index (χ3n) is 4.09. The van der Waals surface area contributed by atoms with Crippen molar-refractivity contribution in [2.24, 2.45) is 22.7 Å². The quantitative estimate of drug-likeness (QED) is 0.359. The van der Waals surface area contributed by atoms with E-state index in [4.69, 9.17) is 0 Å². The normalized spacial score (nSPS) is 28.3. The summed E-state index contributed by atoms with van der Waals surface area (Å²) < 4.78 is 0. The van der Waals surface area contributed by atoms with E-state index in [9.17, 15) is 0 Å². The second-order valence-electron chi connectivity index (χ2n) is 7.51. The minimum atomic E-state index is 0. The first kappa shape index (κ1) is 19.1. The molecule has 19 heavy (non-hydrogen) atoms. The number of hydrogen-bond acceptors (Lipinski definition) is 0. The van der Waals surface area contributed by atoms with E-state index >= 15 is 0 Å². The van der Waals surface area contributed by atoms with Gasteiger partial charge in [-0.1, -0.05) is 51.7 Å². The SMILES string of the molecule is C=C(C)C[C@@H]1[CH-]C1(C)C.C=C(C)C[C@@H]1[CH-]C1(C)C.[Zn+2]. The first-order chi connectivity index (χ1) is 8.04. The second kappa shape index (κ2) is 6.71. The Balaban J connectivity index is 0.000000324. The zero-order valence-corrected chi connectivity index (χ0v) is 16.8. The summed E-state index contributed by atoms with van der Waals surface area (Å²) in [6.45, 7) is 21.1. The van der Waals surface area contributed by atoms with Gasteiger partial charge in [-0.25, -0.2) is 0 Å². The Morgan fingerprint density at radius 3 is 1.11 bits per heavy atom. The summed E-state index contributed by atoms with van der Waals surface area (Å²) in [6.07, 6.45) is 7.16. The molecule has 0 aromatic rings. The molecule has 0 aliphatic heterocycles. The molecule has 2 saturated carbocycles. The van der Waals surface area contributed by atoms with Crippen LogP contribution < -0.4 is 0 Å². The van der Waals surface area contributed by atoms with Crippen molar-refractivity contribution < 1.29 is 19.5 Å². The van der Waals surface area contributed by atoms with Crippen LogP contribution in [0.25, 0.3) is 0 Å². The summed E-state index contributed by atoms with van der Waals surface area (Å²) >= 11 is 0. The molecule has 0 nitrogen and oxygen atoms in total. The molecule has 2 atom stereocenters. The van der Waals surface area contributed by atoms with Crippen LogP contribution in [0, 0.1) is 35.5 Å². The molecule has 0 radical (unpaired) electrons. The summed E-state index contributed by atoms with van der Waals surface area (Å²) in [5, 5.41) is 0. The van der Waals surface area contributed by atoms with E-state index < -0.39 is 0 Å². The largest absolute Gasteiger partial charge is 2.00 e. The maximum Gasteiger partial charge on any atom is 2.00 e. The molecular weight excluding hydrogens is 282 g/mol. The predicted molar refractivity (Wildman–Crippen MR) is 82.0 cm³/mol. The van der Waals surface area contributed by atoms with Gasteiger partial charge >= 0.3 is 19.5 Å². The van der Waals surface area contributed by atoms with E-state index in [1.165, 1.54) is 24.0 Å². The molecule has 0 heterocycles. The van der Waals surface area contributed by atoms with Crippen LogP contribution in [0.4, 0.5) is 0 Å². The van der Waals surface area contributed by atoms with Gasteiger partial charge in [0.1, 0.15) is 0 Å². The van der Waals surface area contributed by atoms with E-state index in [0.717, 1.165) is 11.8 Å². The first-order valence-corrected chi connectivity index (χ1v) is 7.05. The van der Waals surface area contributed by atoms with Gasteiger partial charge in [-0.2, -0.15) is 22.7 Å². The van der Waals surface area contributed by atoms with Crippen molar-refractivity contribution in [2.45, 2.75) is 54.4 Å². The smallest absolute Gasteiger partial charge is 0.324 e. The topological polar surface area (TPSA) is 0 Å². The molecule has 2 fully saturated rings. The molecular formula is C18H30Zn. The van der Waals surface area contributed by atoms with E-state index in [1.54, 1.807) is 0 Å². The Morgan fingerprint density at radius 1 is 0.842 bits per heavy atom. The van der Waals surface area contributed by atoms with Gasteiger partial charge < -0.3 is 12.8 Å². The number of allylic oxidation sites excluding steroid dienone is 2. The molecule has 2 rings (SSSR count). The molecule has 0 N–H and O–H groups in total. The summed E-state index contributed by atoms with van der Waals surface area (Å²) in [6, 6.07) is 0. The zero-order valence-electron chi connectivity index (χ0n) is 13.8. The van der Waals surface area contributed by atoms with Gasteiger partial charge in [-0.3, -0.25) is 0 Å². The van der Waals surface area contributed by atoms with Crippen molar-refractivity contribution in [3.05, 3.63) is 37.1 Å². The molecule has 2 aliphatic carbocycles. The Hall–Kier alpha value is 0.103. The first-order valence-electron chi connectivity index (χ1n) is 7.05. The average Bonchev–Trinajstić information content (AvgIpc) is 2.89. The predicted octanol–water partition coefficient (Wildman–Crippen LogP) is 5.62. The summed E-state index contributed by atoms with van der Waals surface area (Å²) in [5.74, 6) is 1.63. The zero-order chi connectivity index (χ0) is 14.1. The van der Waals surface area contributed by atoms with Gasteiger partial charge in [0.2, 0.25) is 0 Å². The Bertz CT molecular complexity index is 302. The molecule has 2 aliphatic rings. The van der Waals surface area contributed by atoms with Crippen LogP contribution in [0.2, 0.25) is 0 Å². The fourth-order valence-electron chi connectivity index (χ4n) is 2.34. The summed E-state index contributed by atoms with van der Waals surface area (Å²) in [7, 11) is 0. The van der Waals surface area contributed by atoms with Gasteiger partial charge in [-0.05, 0) is 13.8 Å². The van der Waals surface area contributed by atoms with Crippen molar-refractivity contribution in [3.8, 4) is 0 Å². The maximum atomic E-state index is 3.88. The standard InChI is InChI=1S/2C9H15.Zn/c2*1-7(2)5-8-6-9(8,3)4;/h2*6,8H,1,5H2,2-4H3;/q2*-1;+2/t2*8-;/m11./s1. The monoisotopic (exact) mass is 310 g/mol.